The van der Waals surface area contributed by atoms with Gasteiger partial charge < -0.3 is 32.2 Å². The summed E-state index contributed by atoms with van der Waals surface area (Å²) in [6.07, 6.45) is 6.06. The molecule has 0 aliphatic heterocycles. The van der Waals surface area contributed by atoms with Crippen molar-refractivity contribution in [3.63, 3.8) is 0 Å². The maximum atomic E-state index is 13.8. The van der Waals surface area contributed by atoms with Crippen LogP contribution in [0, 0.1) is 11.8 Å². The number of imidazole rings is 1. The zero-order valence-electron chi connectivity index (χ0n) is 32.8. The number of carbonyl (C=O) groups is 5. The van der Waals surface area contributed by atoms with Gasteiger partial charge in [-0.1, -0.05) is 65.2 Å². The number of rotatable bonds is 12. The molecule has 0 radical (unpaired) electrons. The number of aromatic nitrogens is 4. The Morgan fingerprint density at radius 1 is 0.776 bits per heavy atom. The second-order valence-electron chi connectivity index (χ2n) is 15.7. The third-order valence-corrected chi connectivity index (χ3v) is 11.2. The van der Waals surface area contributed by atoms with Crippen molar-refractivity contribution in [2.75, 3.05) is 0 Å². The van der Waals surface area contributed by atoms with Gasteiger partial charge in [-0.05, 0) is 72.7 Å². The van der Waals surface area contributed by atoms with Crippen molar-refractivity contribution >= 4 is 62.4 Å². The first-order valence-electron chi connectivity index (χ1n) is 19.5. The Bertz CT molecular complexity index is 2660. The maximum absolute atomic E-state index is 13.8. The minimum Gasteiger partial charge on any atom is -0.478 e. The van der Waals surface area contributed by atoms with Crippen LogP contribution < -0.4 is 22.5 Å². The fraction of sp³-hybridized carbons (Fsp3) is 0.318. The van der Waals surface area contributed by atoms with Gasteiger partial charge in [-0.25, -0.2) is 14.8 Å². The summed E-state index contributed by atoms with van der Waals surface area (Å²) >= 11 is 0. The van der Waals surface area contributed by atoms with E-state index in [0.717, 1.165) is 37.5 Å². The molecule has 2 unspecified atom stereocenters. The maximum Gasteiger partial charge on any atom is 0.337 e. The smallest absolute Gasteiger partial charge is 0.337 e. The fourth-order valence-corrected chi connectivity index (χ4v) is 8.52. The van der Waals surface area contributed by atoms with Gasteiger partial charge in [0.2, 0.25) is 17.7 Å². The highest BCUT2D eigenvalue weighted by molar-refractivity contribution is 6.18. The standard InChI is InChI=1S/C44H46N8O6/c1-21(2)31(39(45)53)33-34(40(46)54)35(44(57)58)32(25-13-15-28-23(19-25)9-8-18-48-28)37-38(33)52(27-10-6-5-7-11-27)42(50-37)26-14-16-29-24(20-26)12-17-30(49-29)43(56)51-36(22(3)4)41(47)55/h8-9,12-22,27,31,36H,5-7,10-11H2,1-4H3,(H2,45,53)(H2,46,54)(H2,47,55)(H,51,56)(H,57,58). The number of primary amides is 3. The second kappa shape index (κ2) is 15.7. The van der Waals surface area contributed by atoms with E-state index >= 15 is 0 Å². The van der Waals surface area contributed by atoms with E-state index in [4.69, 9.17) is 22.2 Å². The number of fused-ring (bicyclic) bond motifs is 3. The monoisotopic (exact) mass is 782 g/mol. The molecular formula is C44H46N8O6. The summed E-state index contributed by atoms with van der Waals surface area (Å²) in [5, 5.41) is 15.1. The van der Waals surface area contributed by atoms with Gasteiger partial charge in [0.15, 0.2) is 0 Å². The zero-order chi connectivity index (χ0) is 41.6. The minimum atomic E-state index is -1.41. The van der Waals surface area contributed by atoms with Crippen molar-refractivity contribution < 1.29 is 29.1 Å². The number of hydrogen-bond donors (Lipinski definition) is 5. The molecule has 1 aliphatic carbocycles. The van der Waals surface area contributed by atoms with Crippen LogP contribution in [-0.2, 0) is 9.59 Å². The lowest BCUT2D eigenvalue weighted by Crippen LogP contribution is -2.47. The van der Waals surface area contributed by atoms with Crippen LogP contribution in [0.25, 0.3) is 55.4 Å². The third-order valence-electron chi connectivity index (χ3n) is 11.2. The Morgan fingerprint density at radius 2 is 1.45 bits per heavy atom. The molecule has 3 heterocycles. The summed E-state index contributed by atoms with van der Waals surface area (Å²) in [6, 6.07) is 16.7. The van der Waals surface area contributed by atoms with E-state index in [9.17, 15) is 29.1 Å². The first-order valence-corrected chi connectivity index (χ1v) is 19.5. The largest absolute Gasteiger partial charge is 0.478 e. The molecule has 4 amide bonds. The lowest BCUT2D eigenvalue weighted by molar-refractivity contribution is -0.121. The molecule has 7 rings (SSSR count). The summed E-state index contributed by atoms with van der Waals surface area (Å²) in [7, 11) is 0. The summed E-state index contributed by atoms with van der Waals surface area (Å²) in [6.45, 7) is 7.15. The number of carbonyl (C=O) groups excluding carboxylic acids is 4. The quantitative estimate of drug-likeness (QED) is 0.0944. The molecule has 0 spiro atoms. The average Bonchev–Trinajstić information content (AvgIpc) is 3.59. The van der Waals surface area contributed by atoms with Crippen molar-refractivity contribution in [3.8, 4) is 22.5 Å². The van der Waals surface area contributed by atoms with E-state index in [-0.39, 0.29) is 45.4 Å². The van der Waals surface area contributed by atoms with Crippen LogP contribution in [0.2, 0.25) is 0 Å². The highest BCUT2D eigenvalue weighted by Gasteiger charge is 2.38. The Kier molecular flexibility index (Phi) is 10.7. The lowest BCUT2D eigenvalue weighted by atomic mass is 9.79. The molecule has 1 saturated carbocycles. The van der Waals surface area contributed by atoms with Crippen LogP contribution in [0.3, 0.4) is 0 Å². The van der Waals surface area contributed by atoms with Crippen molar-refractivity contribution in [2.24, 2.45) is 29.0 Å². The molecule has 298 valence electrons. The summed E-state index contributed by atoms with van der Waals surface area (Å²) in [5.41, 5.74) is 20.6. The van der Waals surface area contributed by atoms with Gasteiger partial charge in [0.1, 0.15) is 17.6 Å². The highest BCUT2D eigenvalue weighted by atomic mass is 16.4. The van der Waals surface area contributed by atoms with Crippen LogP contribution in [0.15, 0.2) is 66.9 Å². The van der Waals surface area contributed by atoms with E-state index in [0.29, 0.717) is 38.9 Å². The second-order valence-corrected chi connectivity index (χ2v) is 15.7. The van der Waals surface area contributed by atoms with Gasteiger partial charge in [-0.3, -0.25) is 24.2 Å². The first-order chi connectivity index (χ1) is 27.7. The van der Waals surface area contributed by atoms with Crippen LogP contribution >= 0.6 is 0 Å². The number of nitrogens with zero attached hydrogens (tertiary/aromatic N) is 4. The number of benzene rings is 3. The molecule has 2 atom stereocenters. The lowest BCUT2D eigenvalue weighted by Gasteiger charge is -2.29. The summed E-state index contributed by atoms with van der Waals surface area (Å²) in [5.74, 6) is -5.62. The SMILES string of the molecule is CC(C)C(NC(=O)c1ccc2cc(-c3nc4c(-c5ccc6ncccc6c5)c(C(=O)O)c(C(N)=O)c(C(C(N)=O)C(C)C)c4n3C3CCCCC3)ccc2n1)C(N)=O. The van der Waals surface area contributed by atoms with Crippen molar-refractivity contribution in [1.82, 2.24) is 24.8 Å². The molecule has 0 saturated heterocycles. The van der Waals surface area contributed by atoms with Gasteiger partial charge in [0.25, 0.3) is 5.91 Å². The summed E-state index contributed by atoms with van der Waals surface area (Å²) in [4.78, 5) is 80.2. The molecule has 14 heteroatoms. The Labute approximate surface area is 334 Å². The van der Waals surface area contributed by atoms with Crippen LogP contribution in [0.4, 0.5) is 0 Å². The topological polar surface area (TPSA) is 239 Å². The molecule has 6 aromatic rings. The predicted molar refractivity (Wildman–Crippen MR) is 221 cm³/mol. The number of pyridine rings is 2. The molecule has 8 N–H and O–H groups in total. The normalized spacial score (nSPS) is 14.6. The molecule has 3 aromatic heterocycles. The average molecular weight is 783 g/mol. The van der Waals surface area contributed by atoms with Gasteiger partial charge in [0, 0.05) is 39.7 Å². The number of hydrogen-bond acceptors (Lipinski definition) is 8. The summed E-state index contributed by atoms with van der Waals surface area (Å²) < 4.78 is 2.05. The Balaban J connectivity index is 1.56. The van der Waals surface area contributed by atoms with E-state index in [1.165, 1.54) is 0 Å². The molecular weight excluding hydrogens is 737 g/mol. The molecule has 1 aliphatic rings. The molecule has 58 heavy (non-hydrogen) atoms. The number of carboxylic acid groups (broad SMARTS) is 1. The van der Waals surface area contributed by atoms with Crippen LogP contribution in [-0.4, -0.2) is 60.3 Å². The van der Waals surface area contributed by atoms with E-state index in [2.05, 4.69) is 19.9 Å². The van der Waals surface area contributed by atoms with Crippen molar-refractivity contribution in [3.05, 3.63) is 89.2 Å². The van der Waals surface area contributed by atoms with E-state index in [1.807, 2.05) is 24.3 Å². The Hall–Kier alpha value is -6.70. The molecule has 14 nitrogen and oxygen atoms in total. The predicted octanol–water partition coefficient (Wildman–Crippen LogP) is 6.23. The van der Waals surface area contributed by atoms with Crippen molar-refractivity contribution in [2.45, 2.75) is 77.8 Å². The van der Waals surface area contributed by atoms with Crippen LogP contribution in [0.5, 0.6) is 0 Å². The Morgan fingerprint density at radius 3 is 2.09 bits per heavy atom. The highest BCUT2D eigenvalue weighted by Crippen LogP contribution is 2.47. The van der Waals surface area contributed by atoms with Crippen molar-refractivity contribution in [1.29, 1.82) is 0 Å². The van der Waals surface area contributed by atoms with E-state index in [1.54, 1.807) is 70.3 Å². The zero-order valence-corrected chi connectivity index (χ0v) is 32.8. The number of carboxylic acids is 1. The van der Waals surface area contributed by atoms with Gasteiger partial charge in [-0.2, -0.15) is 0 Å². The molecule has 0 bridgehead atoms. The number of amides is 4. The first kappa shape index (κ1) is 39.5. The molecule has 1 fully saturated rings. The number of nitrogens with two attached hydrogens (primary N) is 3. The van der Waals surface area contributed by atoms with Crippen LogP contribution in [0.1, 0.15) is 109 Å². The van der Waals surface area contributed by atoms with Gasteiger partial charge in [-0.15, -0.1) is 0 Å². The fourth-order valence-electron chi connectivity index (χ4n) is 8.52. The van der Waals surface area contributed by atoms with Gasteiger partial charge in [0.05, 0.1) is 39.1 Å². The number of aromatic carboxylic acids is 1. The minimum absolute atomic E-state index is 0.104. The van der Waals surface area contributed by atoms with Gasteiger partial charge >= 0.3 is 5.97 Å². The third kappa shape index (κ3) is 7.10. The number of nitrogens with one attached hydrogen (secondary N) is 1. The van der Waals surface area contributed by atoms with E-state index < -0.39 is 47.5 Å². The molecule has 3 aromatic carbocycles.